The molecule has 1 aliphatic carbocycles. The second kappa shape index (κ2) is 4.60. The lowest BCUT2D eigenvalue weighted by atomic mass is 10.0. The molecular weight excluding hydrogens is 200 g/mol. The van der Waals surface area contributed by atoms with Gasteiger partial charge in [-0.3, -0.25) is 4.90 Å². The van der Waals surface area contributed by atoms with Gasteiger partial charge in [0, 0.05) is 12.1 Å². The quantitative estimate of drug-likeness (QED) is 0.832. The fourth-order valence-corrected chi connectivity index (χ4v) is 2.45. The Labute approximate surface area is 97.6 Å². The van der Waals surface area contributed by atoms with Crippen molar-refractivity contribution in [2.45, 2.75) is 44.8 Å². The molecule has 16 heavy (non-hydrogen) atoms. The maximum atomic E-state index is 6.09. The van der Waals surface area contributed by atoms with Crippen molar-refractivity contribution in [2.24, 2.45) is 11.7 Å². The van der Waals surface area contributed by atoms with Crippen molar-refractivity contribution in [1.29, 1.82) is 0 Å². The lowest BCUT2D eigenvalue weighted by Crippen LogP contribution is -2.42. The van der Waals surface area contributed by atoms with E-state index in [9.17, 15) is 0 Å². The van der Waals surface area contributed by atoms with E-state index in [-0.39, 0.29) is 12.1 Å². The molecule has 1 fully saturated rings. The van der Waals surface area contributed by atoms with Gasteiger partial charge in [-0.15, -0.1) is 0 Å². The molecule has 0 aromatic carbocycles. The number of furan rings is 1. The Morgan fingerprint density at radius 3 is 2.56 bits per heavy atom. The molecule has 3 heteroatoms. The third-order valence-electron chi connectivity index (χ3n) is 3.72. The predicted molar refractivity (Wildman–Crippen MR) is 65.0 cm³/mol. The van der Waals surface area contributed by atoms with Gasteiger partial charge < -0.3 is 10.2 Å². The summed E-state index contributed by atoms with van der Waals surface area (Å²) in [5, 5.41) is 0. The van der Waals surface area contributed by atoms with Crippen molar-refractivity contribution in [3.63, 3.8) is 0 Å². The molecule has 3 unspecified atom stereocenters. The second-order valence-corrected chi connectivity index (χ2v) is 5.06. The van der Waals surface area contributed by atoms with E-state index in [0.717, 1.165) is 11.7 Å². The molecule has 1 aromatic rings. The second-order valence-electron chi connectivity index (χ2n) is 5.06. The van der Waals surface area contributed by atoms with E-state index >= 15 is 0 Å². The highest BCUT2D eigenvalue weighted by Gasteiger charge is 2.35. The number of nitrogens with zero attached hydrogens (tertiary/aromatic N) is 1. The molecule has 3 atom stereocenters. The highest BCUT2D eigenvalue weighted by atomic mass is 16.3. The molecule has 1 aliphatic rings. The molecule has 1 aromatic heterocycles. The average Bonchev–Trinajstić information content (AvgIpc) is 2.96. The minimum absolute atomic E-state index is 0.0809. The summed E-state index contributed by atoms with van der Waals surface area (Å²) in [6.45, 7) is 4.33. The number of nitrogens with two attached hydrogens (primary N) is 1. The van der Waals surface area contributed by atoms with Crippen molar-refractivity contribution < 1.29 is 4.42 Å². The van der Waals surface area contributed by atoms with Crippen LogP contribution < -0.4 is 5.73 Å². The van der Waals surface area contributed by atoms with E-state index in [1.807, 2.05) is 19.1 Å². The van der Waals surface area contributed by atoms with Crippen LogP contribution in [0.1, 0.15) is 38.5 Å². The maximum absolute atomic E-state index is 6.09. The van der Waals surface area contributed by atoms with Crippen LogP contribution in [0.4, 0.5) is 0 Å². The highest BCUT2D eigenvalue weighted by Crippen LogP contribution is 2.38. The van der Waals surface area contributed by atoms with Gasteiger partial charge in [-0.05, 0) is 51.8 Å². The summed E-state index contributed by atoms with van der Waals surface area (Å²) in [5.74, 6) is 1.83. The van der Waals surface area contributed by atoms with Crippen molar-refractivity contribution >= 4 is 0 Å². The maximum Gasteiger partial charge on any atom is 0.122 e. The molecule has 3 nitrogen and oxygen atoms in total. The summed E-state index contributed by atoms with van der Waals surface area (Å²) in [4.78, 5) is 2.36. The molecule has 0 radical (unpaired) electrons. The normalized spacial score (nSPS) is 22.1. The minimum Gasteiger partial charge on any atom is -0.468 e. The number of likely N-dealkylation sites (N-methyl/N-ethyl adjacent to an activating group) is 1. The van der Waals surface area contributed by atoms with Crippen LogP contribution in [0.25, 0.3) is 0 Å². The first kappa shape index (κ1) is 11.7. The predicted octanol–water partition coefficient (Wildman–Crippen LogP) is 2.40. The minimum atomic E-state index is 0.0809. The molecule has 1 heterocycles. The molecule has 0 saturated heterocycles. The molecule has 90 valence electrons. The zero-order valence-electron chi connectivity index (χ0n) is 10.4. The van der Waals surface area contributed by atoms with Gasteiger partial charge in [-0.25, -0.2) is 0 Å². The van der Waals surface area contributed by atoms with Gasteiger partial charge in [0.05, 0.1) is 12.3 Å². The van der Waals surface area contributed by atoms with E-state index in [0.29, 0.717) is 6.04 Å². The average molecular weight is 222 g/mol. The Morgan fingerprint density at radius 1 is 1.44 bits per heavy atom. The lowest BCUT2D eigenvalue weighted by molar-refractivity contribution is 0.131. The third kappa shape index (κ3) is 2.30. The first-order valence-corrected chi connectivity index (χ1v) is 6.12. The van der Waals surface area contributed by atoms with Crippen molar-refractivity contribution in [2.75, 3.05) is 7.05 Å². The molecule has 1 saturated carbocycles. The van der Waals surface area contributed by atoms with Crippen molar-refractivity contribution in [3.05, 3.63) is 24.2 Å². The van der Waals surface area contributed by atoms with E-state index in [1.165, 1.54) is 12.8 Å². The molecule has 0 bridgehead atoms. The van der Waals surface area contributed by atoms with E-state index < -0.39 is 0 Å². The van der Waals surface area contributed by atoms with Gasteiger partial charge in [0.1, 0.15) is 5.76 Å². The fraction of sp³-hybridized carbons (Fsp3) is 0.692. The van der Waals surface area contributed by atoms with E-state index in [2.05, 4.69) is 18.9 Å². The molecular formula is C13H22N2O. The number of hydrogen-bond donors (Lipinski definition) is 1. The van der Waals surface area contributed by atoms with E-state index in [1.54, 1.807) is 6.26 Å². The van der Waals surface area contributed by atoms with Crippen LogP contribution in [0.2, 0.25) is 0 Å². The molecule has 0 aliphatic heterocycles. The number of hydrogen-bond acceptors (Lipinski definition) is 3. The van der Waals surface area contributed by atoms with Gasteiger partial charge in [-0.2, -0.15) is 0 Å². The summed E-state index contributed by atoms with van der Waals surface area (Å²) in [7, 11) is 2.15. The molecule has 2 N–H and O–H groups in total. The fourth-order valence-electron chi connectivity index (χ4n) is 2.45. The van der Waals surface area contributed by atoms with Crippen LogP contribution in [-0.4, -0.2) is 24.0 Å². The first-order chi connectivity index (χ1) is 7.61. The summed E-state index contributed by atoms with van der Waals surface area (Å²) < 4.78 is 5.51. The van der Waals surface area contributed by atoms with Gasteiger partial charge in [0.2, 0.25) is 0 Å². The van der Waals surface area contributed by atoms with Crippen LogP contribution >= 0.6 is 0 Å². The van der Waals surface area contributed by atoms with Crippen molar-refractivity contribution in [3.8, 4) is 0 Å². The Bertz CT molecular complexity index is 317. The number of rotatable bonds is 5. The van der Waals surface area contributed by atoms with Gasteiger partial charge >= 0.3 is 0 Å². The largest absolute Gasteiger partial charge is 0.468 e. The Hall–Kier alpha value is -0.800. The highest BCUT2D eigenvalue weighted by molar-refractivity contribution is 5.08. The topological polar surface area (TPSA) is 42.4 Å². The van der Waals surface area contributed by atoms with Crippen LogP contribution in [-0.2, 0) is 0 Å². The van der Waals surface area contributed by atoms with Crippen LogP contribution in [0.3, 0.4) is 0 Å². The van der Waals surface area contributed by atoms with Gasteiger partial charge in [-0.1, -0.05) is 0 Å². The smallest absolute Gasteiger partial charge is 0.122 e. The van der Waals surface area contributed by atoms with Crippen LogP contribution in [0, 0.1) is 5.92 Å². The Kier molecular flexibility index (Phi) is 3.36. The summed E-state index contributed by atoms with van der Waals surface area (Å²) >= 11 is 0. The third-order valence-corrected chi connectivity index (χ3v) is 3.72. The Balaban J connectivity index is 2.12. The summed E-state index contributed by atoms with van der Waals surface area (Å²) in [6, 6.07) is 4.80. The van der Waals surface area contributed by atoms with Gasteiger partial charge in [0.15, 0.2) is 0 Å². The van der Waals surface area contributed by atoms with Crippen LogP contribution in [0.15, 0.2) is 22.8 Å². The molecule has 2 rings (SSSR count). The monoisotopic (exact) mass is 222 g/mol. The summed E-state index contributed by atoms with van der Waals surface area (Å²) in [6.07, 6.45) is 4.44. The SMILES string of the molecule is CC(N)C(c1ccco1)N(C)C(C)C1CC1. The van der Waals surface area contributed by atoms with E-state index in [4.69, 9.17) is 10.2 Å². The molecule has 0 spiro atoms. The van der Waals surface area contributed by atoms with Crippen molar-refractivity contribution in [1.82, 2.24) is 4.90 Å². The lowest BCUT2D eigenvalue weighted by Gasteiger charge is -2.34. The zero-order valence-corrected chi connectivity index (χ0v) is 10.4. The van der Waals surface area contributed by atoms with Gasteiger partial charge in [0.25, 0.3) is 0 Å². The molecule has 0 amide bonds. The zero-order chi connectivity index (χ0) is 11.7. The Morgan fingerprint density at radius 2 is 2.12 bits per heavy atom. The van der Waals surface area contributed by atoms with Crippen LogP contribution in [0.5, 0.6) is 0 Å². The summed E-state index contributed by atoms with van der Waals surface area (Å²) in [5.41, 5.74) is 6.09. The first-order valence-electron chi connectivity index (χ1n) is 6.12. The standard InChI is InChI=1S/C13H22N2O/c1-9(14)13(12-5-4-8-16-12)15(3)10(2)11-6-7-11/h4-5,8-11,13H,6-7,14H2,1-3H3.